The average Bonchev–Trinajstić information content (AvgIpc) is 3.22. The first-order chi connectivity index (χ1) is 8.81. The minimum absolute atomic E-state index is 0.709. The van der Waals surface area contributed by atoms with Gasteiger partial charge in [0.1, 0.15) is 0 Å². The van der Waals surface area contributed by atoms with Crippen LogP contribution in [-0.4, -0.2) is 35.9 Å². The molecule has 1 aliphatic carbocycles. The second kappa shape index (κ2) is 5.22. The molecule has 0 aromatic carbocycles. The summed E-state index contributed by atoms with van der Waals surface area (Å²) >= 11 is 0. The van der Waals surface area contributed by atoms with Crippen LogP contribution in [0.25, 0.3) is 0 Å². The fourth-order valence-electron chi connectivity index (χ4n) is 2.53. The zero-order chi connectivity index (χ0) is 12.4. The largest absolute Gasteiger partial charge is 0.355 e. The van der Waals surface area contributed by atoms with Crippen LogP contribution in [0.1, 0.15) is 31.4 Å². The summed E-state index contributed by atoms with van der Waals surface area (Å²) in [4.78, 5) is 2.35. The average molecular weight is 246 g/mol. The Hall–Kier alpha value is -1.16. The van der Waals surface area contributed by atoms with Gasteiger partial charge in [0.25, 0.3) is 0 Å². The van der Waals surface area contributed by atoms with Gasteiger partial charge in [-0.05, 0) is 57.2 Å². The highest BCUT2D eigenvalue weighted by Crippen LogP contribution is 2.28. The summed E-state index contributed by atoms with van der Waals surface area (Å²) in [5.74, 6) is 2.01. The first-order valence-electron chi connectivity index (χ1n) is 7.10. The third-order valence-electron chi connectivity index (χ3n) is 3.99. The third kappa shape index (κ3) is 2.99. The number of nitrogens with zero attached hydrogens (tertiary/aromatic N) is 3. The summed E-state index contributed by atoms with van der Waals surface area (Å²) in [5, 5.41) is 12.1. The van der Waals surface area contributed by atoms with E-state index in [-0.39, 0.29) is 0 Å². The maximum absolute atomic E-state index is 4.27. The van der Waals surface area contributed by atoms with Gasteiger partial charge in [-0.2, -0.15) is 5.10 Å². The van der Waals surface area contributed by atoms with Crippen molar-refractivity contribution in [1.29, 1.82) is 0 Å². The molecule has 4 heteroatoms. The van der Waals surface area contributed by atoms with Gasteiger partial charge < -0.3 is 10.2 Å². The van der Waals surface area contributed by atoms with Crippen LogP contribution in [0.5, 0.6) is 0 Å². The lowest BCUT2D eigenvalue weighted by Gasteiger charge is -2.33. The van der Waals surface area contributed by atoms with Crippen LogP contribution in [0, 0.1) is 12.8 Å². The Morgan fingerprint density at radius 1 is 1.17 bits per heavy atom. The molecule has 2 aliphatic rings. The summed E-state index contributed by atoms with van der Waals surface area (Å²) in [6, 6.07) is 4.83. The molecule has 1 saturated heterocycles. The molecule has 1 aliphatic heterocycles. The maximum atomic E-state index is 4.27. The summed E-state index contributed by atoms with van der Waals surface area (Å²) < 4.78 is 0. The van der Waals surface area contributed by atoms with Crippen LogP contribution < -0.4 is 10.2 Å². The van der Waals surface area contributed by atoms with E-state index in [1.165, 1.54) is 32.2 Å². The Morgan fingerprint density at radius 2 is 1.94 bits per heavy atom. The van der Waals surface area contributed by atoms with E-state index in [2.05, 4.69) is 26.5 Å². The van der Waals surface area contributed by atoms with E-state index in [0.717, 1.165) is 30.5 Å². The van der Waals surface area contributed by atoms with Crippen LogP contribution in [-0.2, 0) is 0 Å². The van der Waals surface area contributed by atoms with Gasteiger partial charge in [-0.25, -0.2) is 0 Å². The van der Waals surface area contributed by atoms with Crippen molar-refractivity contribution in [3.05, 3.63) is 17.8 Å². The number of nitrogens with one attached hydrogen (secondary N) is 1. The standard InChI is InChI=1S/C14H22N4/c1-11-2-5-14(17-16-11)18-8-6-13(7-9-18)15-10-12-3-4-12/h2,5,12-13,15H,3-4,6-10H2,1H3. The van der Waals surface area contributed by atoms with E-state index in [9.17, 15) is 0 Å². The van der Waals surface area contributed by atoms with Gasteiger partial charge >= 0.3 is 0 Å². The van der Waals surface area contributed by atoms with Gasteiger partial charge in [-0.3, -0.25) is 0 Å². The minimum Gasteiger partial charge on any atom is -0.355 e. The Balaban J connectivity index is 1.48. The zero-order valence-corrected chi connectivity index (χ0v) is 11.1. The van der Waals surface area contributed by atoms with Gasteiger partial charge in [0.05, 0.1) is 5.69 Å². The minimum atomic E-state index is 0.709. The number of hydrogen-bond acceptors (Lipinski definition) is 4. The molecule has 0 atom stereocenters. The first kappa shape index (κ1) is 11.9. The molecule has 2 fully saturated rings. The molecule has 0 radical (unpaired) electrons. The normalized spacial score (nSPS) is 21.3. The molecule has 1 aromatic heterocycles. The van der Waals surface area contributed by atoms with Crippen molar-refractivity contribution >= 4 is 5.82 Å². The second-order valence-electron chi connectivity index (χ2n) is 5.65. The lowest BCUT2D eigenvalue weighted by Crippen LogP contribution is -2.43. The van der Waals surface area contributed by atoms with E-state index in [1.54, 1.807) is 0 Å². The summed E-state index contributed by atoms with van der Waals surface area (Å²) in [6.07, 6.45) is 5.32. The van der Waals surface area contributed by atoms with Crippen LogP contribution in [0.3, 0.4) is 0 Å². The molecule has 1 saturated carbocycles. The molecular weight excluding hydrogens is 224 g/mol. The number of aromatic nitrogens is 2. The van der Waals surface area contributed by atoms with Gasteiger partial charge in [0.15, 0.2) is 5.82 Å². The van der Waals surface area contributed by atoms with Crippen LogP contribution in [0.2, 0.25) is 0 Å². The predicted octanol–water partition coefficient (Wildman–Crippen LogP) is 1.75. The molecular formula is C14H22N4. The van der Waals surface area contributed by atoms with Crippen molar-refractivity contribution in [3.63, 3.8) is 0 Å². The lowest BCUT2D eigenvalue weighted by atomic mass is 10.0. The second-order valence-corrected chi connectivity index (χ2v) is 5.65. The summed E-state index contributed by atoms with van der Waals surface area (Å²) in [6.45, 7) is 5.40. The summed E-state index contributed by atoms with van der Waals surface area (Å²) in [7, 11) is 0. The molecule has 18 heavy (non-hydrogen) atoms. The van der Waals surface area contributed by atoms with Crippen molar-refractivity contribution < 1.29 is 0 Å². The predicted molar refractivity (Wildman–Crippen MR) is 72.7 cm³/mol. The third-order valence-corrected chi connectivity index (χ3v) is 3.99. The van der Waals surface area contributed by atoms with E-state index < -0.39 is 0 Å². The topological polar surface area (TPSA) is 41.0 Å². The van der Waals surface area contributed by atoms with Crippen molar-refractivity contribution in [2.45, 2.75) is 38.6 Å². The monoisotopic (exact) mass is 246 g/mol. The number of anilines is 1. The molecule has 3 rings (SSSR count). The Morgan fingerprint density at radius 3 is 2.56 bits per heavy atom. The lowest BCUT2D eigenvalue weighted by molar-refractivity contribution is 0.407. The Bertz CT molecular complexity index is 377. The highest BCUT2D eigenvalue weighted by atomic mass is 15.3. The van der Waals surface area contributed by atoms with Gasteiger partial charge in [-0.15, -0.1) is 5.10 Å². The molecule has 0 amide bonds. The molecule has 0 unspecified atom stereocenters. The Kier molecular flexibility index (Phi) is 3.46. The molecule has 1 aromatic rings. The molecule has 0 bridgehead atoms. The SMILES string of the molecule is Cc1ccc(N2CCC(NCC3CC3)CC2)nn1. The van der Waals surface area contributed by atoms with Crippen LogP contribution in [0.15, 0.2) is 12.1 Å². The number of piperidine rings is 1. The van der Waals surface area contributed by atoms with E-state index in [1.807, 2.05) is 13.0 Å². The molecule has 2 heterocycles. The fourth-order valence-corrected chi connectivity index (χ4v) is 2.53. The maximum Gasteiger partial charge on any atom is 0.151 e. The van der Waals surface area contributed by atoms with E-state index in [0.29, 0.717) is 6.04 Å². The molecule has 98 valence electrons. The highest BCUT2D eigenvalue weighted by Gasteiger charge is 2.24. The zero-order valence-electron chi connectivity index (χ0n) is 11.1. The number of hydrogen-bond donors (Lipinski definition) is 1. The van der Waals surface area contributed by atoms with E-state index >= 15 is 0 Å². The number of rotatable bonds is 4. The quantitative estimate of drug-likeness (QED) is 0.879. The smallest absolute Gasteiger partial charge is 0.151 e. The van der Waals surface area contributed by atoms with Crippen LogP contribution in [0.4, 0.5) is 5.82 Å². The Labute approximate surface area is 109 Å². The fraction of sp³-hybridized carbons (Fsp3) is 0.714. The van der Waals surface area contributed by atoms with Crippen molar-refractivity contribution in [2.75, 3.05) is 24.5 Å². The molecule has 4 nitrogen and oxygen atoms in total. The highest BCUT2D eigenvalue weighted by molar-refractivity contribution is 5.37. The van der Waals surface area contributed by atoms with E-state index in [4.69, 9.17) is 0 Å². The van der Waals surface area contributed by atoms with Crippen molar-refractivity contribution in [1.82, 2.24) is 15.5 Å². The molecule has 0 spiro atoms. The van der Waals surface area contributed by atoms with Gasteiger partial charge in [-0.1, -0.05) is 0 Å². The first-order valence-corrected chi connectivity index (χ1v) is 7.10. The van der Waals surface area contributed by atoms with Crippen molar-refractivity contribution in [2.24, 2.45) is 5.92 Å². The van der Waals surface area contributed by atoms with Crippen LogP contribution >= 0.6 is 0 Å². The number of aryl methyl sites for hydroxylation is 1. The summed E-state index contributed by atoms with van der Waals surface area (Å²) in [5.41, 5.74) is 0.986. The van der Waals surface area contributed by atoms with Gasteiger partial charge in [0.2, 0.25) is 0 Å². The van der Waals surface area contributed by atoms with Gasteiger partial charge in [0, 0.05) is 19.1 Å². The van der Waals surface area contributed by atoms with Crippen molar-refractivity contribution in [3.8, 4) is 0 Å². The molecule has 1 N–H and O–H groups in total.